The van der Waals surface area contributed by atoms with Gasteiger partial charge in [0.25, 0.3) is 0 Å². The second kappa shape index (κ2) is 7.08. The fourth-order valence-electron chi connectivity index (χ4n) is 11.7. The first-order valence-electron chi connectivity index (χ1n) is 15.9. The number of ether oxygens (including phenoxy) is 2. The van der Waals surface area contributed by atoms with E-state index in [0.29, 0.717) is 35.4 Å². The highest BCUT2D eigenvalue weighted by atomic mass is 16.5. The van der Waals surface area contributed by atoms with Gasteiger partial charge in [-0.3, -0.25) is 0 Å². The summed E-state index contributed by atoms with van der Waals surface area (Å²) in [4.78, 5) is 10.7. The van der Waals surface area contributed by atoms with Crippen LogP contribution in [0, 0.1) is 11.8 Å². The van der Waals surface area contributed by atoms with Crippen molar-refractivity contribution in [3.8, 4) is 23.0 Å². The van der Waals surface area contributed by atoms with Gasteiger partial charge in [-0.25, -0.2) is 4.98 Å². The molecule has 0 unspecified atom stereocenters. The molecule has 4 aliphatic carbocycles. The number of phenolic OH excluding ortho intramolecular Hbond substituents is 2. The van der Waals surface area contributed by atoms with Crippen molar-refractivity contribution >= 4 is 0 Å². The number of piperidine rings is 2. The summed E-state index contributed by atoms with van der Waals surface area (Å²) in [6.07, 6.45) is 5.63. The van der Waals surface area contributed by atoms with Gasteiger partial charge in [-0.05, 0) is 112 Å². The van der Waals surface area contributed by atoms with Crippen LogP contribution in [0.4, 0.5) is 0 Å². The number of aromatic hydroxyl groups is 2. The summed E-state index contributed by atoms with van der Waals surface area (Å²) < 4.78 is 13.8. The van der Waals surface area contributed by atoms with Crippen LogP contribution in [0.2, 0.25) is 0 Å². The molecule has 3 aromatic rings. The van der Waals surface area contributed by atoms with Crippen LogP contribution in [0.15, 0.2) is 30.3 Å². The molecule has 5 heterocycles. The lowest BCUT2D eigenvalue weighted by atomic mass is 9.50. The minimum absolute atomic E-state index is 0.156. The minimum Gasteiger partial charge on any atom is -0.504 e. The molecule has 2 spiro atoms. The molecule has 2 fully saturated rings. The first-order chi connectivity index (χ1) is 20.4. The second-order valence-corrected chi connectivity index (χ2v) is 14.7. The number of phenols is 2. The summed E-state index contributed by atoms with van der Waals surface area (Å²) in [5.74, 6) is 2.78. The number of pyridine rings is 1. The smallest absolute Gasteiger partial charge is 0.166 e. The van der Waals surface area contributed by atoms with Crippen molar-refractivity contribution in [2.75, 3.05) is 27.2 Å². The monoisotopic (exact) mass is 561 g/mol. The van der Waals surface area contributed by atoms with E-state index in [4.69, 9.17) is 14.5 Å². The van der Waals surface area contributed by atoms with Crippen LogP contribution in [0.5, 0.6) is 23.0 Å². The Labute approximate surface area is 245 Å². The van der Waals surface area contributed by atoms with Gasteiger partial charge < -0.3 is 29.5 Å². The number of nitrogens with zero attached hydrogens (tertiary/aromatic N) is 3. The number of rotatable bonds is 0. The van der Waals surface area contributed by atoms with Gasteiger partial charge in [0.05, 0.1) is 11.4 Å². The van der Waals surface area contributed by atoms with Crippen LogP contribution in [0.3, 0.4) is 0 Å². The fraction of sp³-hybridized carbons (Fsp3) is 0.514. The Hall–Kier alpha value is -3.29. The summed E-state index contributed by atoms with van der Waals surface area (Å²) in [6.45, 7) is 2.05. The number of hydrogen-bond acceptors (Lipinski definition) is 7. The van der Waals surface area contributed by atoms with Crippen LogP contribution < -0.4 is 9.47 Å². The van der Waals surface area contributed by atoms with Gasteiger partial charge in [0, 0.05) is 34.0 Å². The third-order valence-corrected chi connectivity index (χ3v) is 13.4. The van der Waals surface area contributed by atoms with Gasteiger partial charge in [0.2, 0.25) is 0 Å². The zero-order valence-electron chi connectivity index (χ0n) is 24.1. The highest BCUT2D eigenvalue weighted by molar-refractivity contribution is 5.65. The molecule has 0 saturated carbocycles. The predicted octanol–water partition coefficient (Wildman–Crippen LogP) is 4.10. The van der Waals surface area contributed by atoms with Crippen molar-refractivity contribution in [2.45, 2.75) is 73.6 Å². The van der Waals surface area contributed by atoms with Gasteiger partial charge in [-0.1, -0.05) is 18.2 Å². The molecule has 8 atom stereocenters. The van der Waals surface area contributed by atoms with E-state index >= 15 is 0 Å². The minimum atomic E-state index is -0.199. The number of fused-ring (bicyclic) bond motifs is 4. The average Bonchev–Trinajstić information content (AvgIpc) is 3.52. The molecule has 1 aromatic heterocycles. The third kappa shape index (κ3) is 2.30. The normalized spacial score (nSPS) is 39.0. The number of benzene rings is 2. The van der Waals surface area contributed by atoms with Crippen LogP contribution >= 0.6 is 0 Å². The molecule has 4 aliphatic heterocycles. The maximum Gasteiger partial charge on any atom is 0.166 e. The molecular weight excluding hydrogens is 526 g/mol. The lowest BCUT2D eigenvalue weighted by Crippen LogP contribution is -2.63. The average molecular weight is 562 g/mol. The molecule has 2 aromatic carbocycles. The standard InChI is InChI=1S/C35H35N3O4/c1-37-9-7-34-20-12-18-11-19-13-21-23-15-17-4-6-25(40)31-27(17)35(21,8-10-38(23)2)33(42-31)29(19)36-28(18)32(34)41-30-24(39)5-3-16(26(30)34)14-22(20)37/h3-6,11,20-23,32-33,39-40H,7-10,12-15H2,1-2H3/t20-,21-,22-,23+,32-,33-,34-,35-/m0/s1. The Bertz CT molecular complexity index is 1660. The molecular formula is C35H35N3O4. The summed E-state index contributed by atoms with van der Waals surface area (Å²) in [6, 6.07) is 11.3. The van der Waals surface area contributed by atoms with Crippen molar-refractivity contribution in [1.29, 1.82) is 0 Å². The van der Waals surface area contributed by atoms with Gasteiger partial charge >= 0.3 is 0 Å². The highest BCUT2D eigenvalue weighted by Crippen LogP contribution is 2.69. The quantitative estimate of drug-likeness (QED) is 0.428. The molecule has 0 radical (unpaired) electrons. The molecule has 0 amide bonds. The Morgan fingerprint density at radius 2 is 1.17 bits per heavy atom. The molecule has 2 N–H and O–H groups in total. The van der Waals surface area contributed by atoms with E-state index in [1.165, 1.54) is 33.4 Å². The summed E-state index contributed by atoms with van der Waals surface area (Å²) in [5, 5.41) is 22.0. The number of aromatic nitrogens is 1. The van der Waals surface area contributed by atoms with E-state index in [2.05, 4.69) is 42.1 Å². The third-order valence-electron chi connectivity index (χ3n) is 13.4. The lowest BCUT2D eigenvalue weighted by Gasteiger charge is -2.58. The molecule has 42 heavy (non-hydrogen) atoms. The Morgan fingerprint density at radius 1 is 0.690 bits per heavy atom. The molecule has 4 bridgehead atoms. The lowest BCUT2D eigenvalue weighted by molar-refractivity contribution is -0.0321. The molecule has 7 nitrogen and oxygen atoms in total. The van der Waals surface area contributed by atoms with E-state index in [1.54, 1.807) is 0 Å². The summed E-state index contributed by atoms with van der Waals surface area (Å²) >= 11 is 0. The van der Waals surface area contributed by atoms with E-state index < -0.39 is 0 Å². The van der Waals surface area contributed by atoms with Crippen molar-refractivity contribution in [2.24, 2.45) is 11.8 Å². The SMILES string of the molecule is CN1CC[C@]23c4c5ccc(O)c4O[C@H]2c2nc4c(cc2C[C@H]3[C@H]1C5)C[C@H]1[C@@H]2Cc3ccc(O)c5c3[C@@]1(CCN2C)[C@H]4O5. The molecule has 11 rings (SSSR count). The fourth-order valence-corrected chi connectivity index (χ4v) is 11.7. The van der Waals surface area contributed by atoms with Gasteiger partial charge in [0.15, 0.2) is 35.2 Å². The second-order valence-electron chi connectivity index (χ2n) is 14.7. The van der Waals surface area contributed by atoms with E-state index in [0.717, 1.165) is 63.0 Å². The first-order valence-corrected chi connectivity index (χ1v) is 15.9. The molecule has 8 aliphatic rings. The predicted molar refractivity (Wildman–Crippen MR) is 154 cm³/mol. The Morgan fingerprint density at radius 3 is 1.64 bits per heavy atom. The first kappa shape index (κ1) is 23.2. The van der Waals surface area contributed by atoms with Gasteiger partial charge in [-0.15, -0.1) is 0 Å². The van der Waals surface area contributed by atoms with Crippen molar-refractivity contribution in [1.82, 2.24) is 14.8 Å². The Kier molecular flexibility index (Phi) is 3.91. The zero-order chi connectivity index (χ0) is 27.9. The largest absolute Gasteiger partial charge is 0.504 e. The summed E-state index contributed by atoms with van der Waals surface area (Å²) in [5.41, 5.74) is 9.61. The van der Waals surface area contributed by atoms with E-state index in [-0.39, 0.29) is 34.5 Å². The van der Waals surface area contributed by atoms with Crippen LogP contribution in [0.25, 0.3) is 0 Å². The van der Waals surface area contributed by atoms with Gasteiger partial charge in [0.1, 0.15) is 0 Å². The van der Waals surface area contributed by atoms with Crippen LogP contribution in [-0.2, 0) is 36.5 Å². The number of likely N-dealkylation sites (N-methyl/N-ethyl adjacent to an activating group) is 2. The highest BCUT2D eigenvalue weighted by Gasteiger charge is 2.67. The number of likely N-dealkylation sites (tertiary alicyclic amines) is 2. The van der Waals surface area contributed by atoms with Crippen molar-refractivity contribution in [3.63, 3.8) is 0 Å². The maximum absolute atomic E-state index is 11.0. The molecule has 2 saturated heterocycles. The molecule has 214 valence electrons. The molecule has 7 heteroatoms. The van der Waals surface area contributed by atoms with Crippen LogP contribution in [0.1, 0.15) is 69.8 Å². The Balaban J connectivity index is 1.14. The van der Waals surface area contributed by atoms with Gasteiger partial charge in [-0.2, -0.15) is 0 Å². The van der Waals surface area contributed by atoms with E-state index in [9.17, 15) is 10.2 Å². The topological polar surface area (TPSA) is 78.3 Å². The summed E-state index contributed by atoms with van der Waals surface area (Å²) in [7, 11) is 4.57. The van der Waals surface area contributed by atoms with Crippen LogP contribution in [-0.4, -0.2) is 64.3 Å². The van der Waals surface area contributed by atoms with Crippen molar-refractivity contribution < 1.29 is 19.7 Å². The van der Waals surface area contributed by atoms with Crippen molar-refractivity contribution in [3.05, 3.63) is 75.1 Å². The number of hydrogen-bond donors (Lipinski definition) is 2. The zero-order valence-corrected chi connectivity index (χ0v) is 24.1. The van der Waals surface area contributed by atoms with E-state index in [1.807, 2.05) is 12.1 Å². The maximum atomic E-state index is 11.0.